The minimum Gasteiger partial charge on any atom is -0.389 e. The van der Waals surface area contributed by atoms with Crippen LogP contribution >= 0.6 is 11.8 Å². The molecule has 0 amide bonds. The Hall–Kier alpha value is -1.92. The van der Waals surface area contributed by atoms with E-state index in [1.165, 1.54) is 18.2 Å². The van der Waals surface area contributed by atoms with E-state index >= 15 is 0 Å². The third-order valence-corrected chi connectivity index (χ3v) is 3.84. The Labute approximate surface area is 119 Å². The second-order valence-electron chi connectivity index (χ2n) is 4.19. The molecule has 0 bridgehead atoms. The van der Waals surface area contributed by atoms with Crippen LogP contribution in [0.4, 0.5) is 10.1 Å². The Kier molecular flexibility index (Phi) is 4.36. The van der Waals surface area contributed by atoms with Crippen LogP contribution in [-0.4, -0.2) is 10.0 Å². The molecule has 4 nitrogen and oxygen atoms in total. The third-order valence-electron chi connectivity index (χ3n) is 2.72. The Balaban J connectivity index is 2.33. The molecule has 0 spiro atoms. The maximum Gasteiger partial charge on any atom is 0.283 e. The van der Waals surface area contributed by atoms with Gasteiger partial charge in [-0.1, -0.05) is 30.0 Å². The van der Waals surface area contributed by atoms with Crippen LogP contribution in [0.15, 0.2) is 52.3 Å². The molecule has 1 N–H and O–H groups in total. The zero-order valence-electron chi connectivity index (χ0n) is 10.6. The van der Waals surface area contributed by atoms with E-state index in [-0.39, 0.29) is 10.6 Å². The number of nitro groups is 1. The molecule has 0 aliphatic carbocycles. The van der Waals surface area contributed by atoms with Crippen molar-refractivity contribution in [2.45, 2.75) is 22.8 Å². The fourth-order valence-electron chi connectivity index (χ4n) is 1.67. The van der Waals surface area contributed by atoms with Gasteiger partial charge in [-0.25, -0.2) is 4.39 Å². The Bertz CT molecular complexity index is 646. The number of nitro benzene ring substituents is 1. The molecule has 0 saturated carbocycles. The summed E-state index contributed by atoms with van der Waals surface area (Å²) < 4.78 is 13.9. The number of para-hydroxylation sites is 1. The first kappa shape index (κ1) is 14.5. The molecule has 0 radical (unpaired) electrons. The fourth-order valence-corrected chi connectivity index (χ4v) is 2.60. The smallest absolute Gasteiger partial charge is 0.283 e. The molecule has 1 atom stereocenters. The second kappa shape index (κ2) is 6.02. The molecule has 2 rings (SSSR count). The molecule has 0 aromatic heterocycles. The third kappa shape index (κ3) is 3.15. The van der Waals surface area contributed by atoms with E-state index in [9.17, 15) is 19.6 Å². The monoisotopic (exact) mass is 293 g/mol. The maximum atomic E-state index is 13.9. The van der Waals surface area contributed by atoms with Crippen molar-refractivity contribution < 1.29 is 14.4 Å². The number of hydrogen-bond acceptors (Lipinski definition) is 4. The highest BCUT2D eigenvalue weighted by Crippen LogP contribution is 2.36. The fraction of sp³-hybridized carbons (Fsp3) is 0.143. The summed E-state index contributed by atoms with van der Waals surface area (Å²) in [7, 11) is 0. The van der Waals surface area contributed by atoms with Crippen LogP contribution in [0.5, 0.6) is 0 Å². The molecule has 20 heavy (non-hydrogen) atoms. The molecule has 0 saturated heterocycles. The van der Waals surface area contributed by atoms with Gasteiger partial charge in [0.1, 0.15) is 5.82 Å². The van der Waals surface area contributed by atoms with E-state index in [0.29, 0.717) is 10.5 Å². The Morgan fingerprint density at radius 2 is 1.95 bits per heavy atom. The molecule has 6 heteroatoms. The van der Waals surface area contributed by atoms with Gasteiger partial charge in [0.25, 0.3) is 5.69 Å². The van der Waals surface area contributed by atoms with Crippen LogP contribution in [0.3, 0.4) is 0 Å². The van der Waals surface area contributed by atoms with Crippen LogP contribution in [-0.2, 0) is 0 Å². The van der Waals surface area contributed by atoms with Crippen molar-refractivity contribution >= 4 is 17.4 Å². The molecule has 0 aliphatic heterocycles. The lowest BCUT2D eigenvalue weighted by Crippen LogP contribution is -1.94. The van der Waals surface area contributed by atoms with Crippen molar-refractivity contribution in [2.75, 3.05) is 0 Å². The van der Waals surface area contributed by atoms with Gasteiger partial charge < -0.3 is 5.11 Å². The Morgan fingerprint density at radius 3 is 2.55 bits per heavy atom. The number of rotatable bonds is 4. The molecular formula is C14H12FNO3S. The lowest BCUT2D eigenvalue weighted by Gasteiger charge is -2.08. The molecule has 0 aliphatic rings. The van der Waals surface area contributed by atoms with Crippen molar-refractivity contribution in [3.63, 3.8) is 0 Å². The van der Waals surface area contributed by atoms with Gasteiger partial charge in [-0.05, 0) is 30.7 Å². The van der Waals surface area contributed by atoms with Crippen LogP contribution < -0.4 is 0 Å². The highest BCUT2D eigenvalue weighted by molar-refractivity contribution is 7.99. The molecule has 2 aromatic rings. The molecular weight excluding hydrogens is 281 g/mol. The molecule has 104 valence electrons. The first-order valence-electron chi connectivity index (χ1n) is 5.88. The zero-order chi connectivity index (χ0) is 14.7. The highest BCUT2D eigenvalue weighted by atomic mass is 32.2. The zero-order valence-corrected chi connectivity index (χ0v) is 11.4. The number of nitrogens with zero attached hydrogens (tertiary/aromatic N) is 1. The number of aliphatic hydroxyl groups excluding tert-OH is 1. The summed E-state index contributed by atoms with van der Waals surface area (Å²) in [5.41, 5.74) is 0.408. The normalized spacial score (nSPS) is 12.2. The minimum absolute atomic E-state index is 0.0588. The van der Waals surface area contributed by atoms with Gasteiger partial charge in [0.2, 0.25) is 0 Å². The van der Waals surface area contributed by atoms with Crippen LogP contribution in [0.2, 0.25) is 0 Å². The maximum absolute atomic E-state index is 13.9. The second-order valence-corrected chi connectivity index (χ2v) is 5.28. The summed E-state index contributed by atoms with van der Waals surface area (Å²) in [5, 5.41) is 20.3. The van der Waals surface area contributed by atoms with Crippen LogP contribution in [0.1, 0.15) is 18.6 Å². The predicted molar refractivity (Wildman–Crippen MR) is 74.3 cm³/mol. The van der Waals surface area contributed by atoms with Gasteiger partial charge in [-0.15, -0.1) is 0 Å². The van der Waals surface area contributed by atoms with Gasteiger partial charge in [0, 0.05) is 11.0 Å². The lowest BCUT2D eigenvalue weighted by molar-refractivity contribution is -0.387. The quantitative estimate of drug-likeness (QED) is 0.685. The van der Waals surface area contributed by atoms with Crippen molar-refractivity contribution in [3.05, 3.63) is 64.0 Å². The minimum atomic E-state index is -0.755. The number of aliphatic hydroxyl groups is 1. The van der Waals surface area contributed by atoms with Gasteiger partial charge in [0.05, 0.1) is 15.9 Å². The van der Waals surface area contributed by atoms with Crippen molar-refractivity contribution in [1.82, 2.24) is 0 Å². The topological polar surface area (TPSA) is 63.4 Å². The first-order valence-corrected chi connectivity index (χ1v) is 6.69. The van der Waals surface area contributed by atoms with Crippen molar-refractivity contribution in [3.8, 4) is 0 Å². The van der Waals surface area contributed by atoms with Gasteiger partial charge in [0.15, 0.2) is 0 Å². The average Bonchev–Trinajstić information content (AvgIpc) is 2.41. The number of hydrogen-bond donors (Lipinski definition) is 1. The van der Waals surface area contributed by atoms with Crippen molar-refractivity contribution in [1.29, 1.82) is 0 Å². The molecule has 0 fully saturated rings. The van der Waals surface area contributed by atoms with Crippen LogP contribution in [0.25, 0.3) is 0 Å². The van der Waals surface area contributed by atoms with E-state index in [4.69, 9.17) is 0 Å². The van der Waals surface area contributed by atoms with E-state index in [1.54, 1.807) is 31.2 Å². The van der Waals surface area contributed by atoms with Crippen LogP contribution in [0, 0.1) is 15.9 Å². The van der Waals surface area contributed by atoms with E-state index in [2.05, 4.69) is 0 Å². The summed E-state index contributed by atoms with van der Waals surface area (Å²) in [6, 6.07) is 10.5. The van der Waals surface area contributed by atoms with Gasteiger partial charge in [-0.3, -0.25) is 10.1 Å². The largest absolute Gasteiger partial charge is 0.389 e. The van der Waals surface area contributed by atoms with Gasteiger partial charge in [-0.2, -0.15) is 0 Å². The molecule has 0 unspecified atom stereocenters. The summed E-state index contributed by atoms with van der Waals surface area (Å²) in [6.07, 6.45) is -0.755. The van der Waals surface area contributed by atoms with E-state index < -0.39 is 16.8 Å². The first-order chi connectivity index (χ1) is 9.49. The SMILES string of the molecule is C[C@@H](O)c1ccc(Sc2ccccc2[N+](=O)[O-])c(F)c1. The average molecular weight is 293 g/mol. The number of halogens is 1. The lowest BCUT2D eigenvalue weighted by atomic mass is 10.1. The van der Waals surface area contributed by atoms with Crippen molar-refractivity contribution in [2.24, 2.45) is 0 Å². The molecule has 0 heterocycles. The predicted octanol–water partition coefficient (Wildman–Crippen LogP) is 3.94. The van der Waals surface area contributed by atoms with E-state index in [0.717, 1.165) is 11.8 Å². The summed E-state index contributed by atoms with van der Waals surface area (Å²) >= 11 is 0.991. The summed E-state index contributed by atoms with van der Waals surface area (Å²) in [6.45, 7) is 1.55. The summed E-state index contributed by atoms with van der Waals surface area (Å²) in [5.74, 6) is -0.508. The molecule has 2 aromatic carbocycles. The number of benzene rings is 2. The van der Waals surface area contributed by atoms with E-state index in [1.807, 2.05) is 0 Å². The van der Waals surface area contributed by atoms with Gasteiger partial charge >= 0.3 is 0 Å². The highest BCUT2D eigenvalue weighted by Gasteiger charge is 2.16. The standard InChI is InChI=1S/C14H12FNO3S/c1-9(17)10-6-7-13(11(15)8-10)20-14-5-3-2-4-12(14)16(18)19/h2-9,17H,1H3/t9-/m1/s1. The summed E-state index contributed by atoms with van der Waals surface area (Å²) in [4.78, 5) is 11.1. The Morgan fingerprint density at radius 1 is 1.25 bits per heavy atom.